The molecule has 5 heteroatoms. The summed E-state index contributed by atoms with van der Waals surface area (Å²) in [7, 11) is -3.66. The number of nitrogens with zero attached hydrogens (tertiary/aromatic N) is 1. The summed E-state index contributed by atoms with van der Waals surface area (Å²) in [6.07, 6.45) is 0.738. The molecule has 2 aromatic rings. The number of rotatable bonds is 5. The maximum absolute atomic E-state index is 13.4. The summed E-state index contributed by atoms with van der Waals surface area (Å²) < 4.78 is 28.5. The fourth-order valence-corrected chi connectivity index (χ4v) is 5.62. The predicted octanol–water partition coefficient (Wildman–Crippen LogP) is 3.65. The van der Waals surface area contributed by atoms with Crippen molar-refractivity contribution in [1.29, 1.82) is 0 Å². The van der Waals surface area contributed by atoms with E-state index in [0.717, 1.165) is 23.1 Å². The largest absolute Gasteiger partial charge is 0.330 e. The van der Waals surface area contributed by atoms with Crippen LogP contribution in [-0.4, -0.2) is 25.8 Å². The van der Waals surface area contributed by atoms with Crippen molar-refractivity contribution >= 4 is 10.0 Å². The Kier molecular flexibility index (Phi) is 5.06. The molecule has 1 aliphatic rings. The molecule has 3 rings (SSSR count). The van der Waals surface area contributed by atoms with E-state index in [1.54, 1.807) is 16.4 Å². The van der Waals surface area contributed by atoms with Gasteiger partial charge in [0, 0.05) is 18.5 Å². The summed E-state index contributed by atoms with van der Waals surface area (Å²) in [5.41, 5.74) is 8.58. The van der Waals surface area contributed by atoms with Crippen molar-refractivity contribution in [1.82, 2.24) is 4.31 Å². The van der Waals surface area contributed by atoms with Crippen LogP contribution < -0.4 is 5.73 Å². The third kappa shape index (κ3) is 2.90. The molecular weight excluding hydrogens is 344 g/mol. The van der Waals surface area contributed by atoms with Gasteiger partial charge in [-0.1, -0.05) is 67.1 Å². The Bertz CT molecular complexity index is 885. The van der Waals surface area contributed by atoms with Crippen LogP contribution in [0.1, 0.15) is 30.5 Å². The molecule has 0 spiro atoms. The van der Waals surface area contributed by atoms with Crippen LogP contribution in [0.25, 0.3) is 0 Å². The minimum atomic E-state index is -3.66. The van der Waals surface area contributed by atoms with Gasteiger partial charge in [-0.15, -0.1) is 0 Å². The maximum atomic E-state index is 13.4. The van der Waals surface area contributed by atoms with Gasteiger partial charge < -0.3 is 5.73 Å². The third-order valence-corrected chi connectivity index (χ3v) is 7.43. The predicted molar refractivity (Wildman–Crippen MR) is 105 cm³/mol. The molecule has 1 saturated heterocycles. The molecule has 1 fully saturated rings. The van der Waals surface area contributed by atoms with Crippen LogP contribution in [0.15, 0.2) is 71.6 Å². The molecule has 0 aromatic heterocycles. The smallest absolute Gasteiger partial charge is 0.243 e. The van der Waals surface area contributed by atoms with Crippen molar-refractivity contribution in [3.8, 4) is 0 Å². The number of hydrogen-bond acceptors (Lipinski definition) is 3. The van der Waals surface area contributed by atoms with Crippen molar-refractivity contribution in [3.05, 3.63) is 77.9 Å². The highest BCUT2D eigenvalue weighted by Crippen LogP contribution is 2.53. The van der Waals surface area contributed by atoms with E-state index in [4.69, 9.17) is 5.73 Å². The van der Waals surface area contributed by atoms with Crippen molar-refractivity contribution in [2.45, 2.75) is 31.2 Å². The molecule has 1 aliphatic heterocycles. The second kappa shape index (κ2) is 6.99. The second-order valence-corrected chi connectivity index (χ2v) is 8.88. The molecule has 2 N–H and O–H groups in total. The van der Waals surface area contributed by atoms with Crippen LogP contribution in [0.3, 0.4) is 0 Å². The van der Waals surface area contributed by atoms with E-state index in [1.807, 2.05) is 49.4 Å². The van der Waals surface area contributed by atoms with Crippen LogP contribution in [0.4, 0.5) is 0 Å². The van der Waals surface area contributed by atoms with Gasteiger partial charge in [-0.2, -0.15) is 4.31 Å². The summed E-state index contributed by atoms with van der Waals surface area (Å²) in [6, 6.07) is 16.4. The maximum Gasteiger partial charge on any atom is 0.243 e. The molecule has 4 nitrogen and oxygen atoms in total. The van der Waals surface area contributed by atoms with Crippen LogP contribution in [0.5, 0.6) is 0 Å². The Morgan fingerprint density at radius 3 is 2.31 bits per heavy atom. The van der Waals surface area contributed by atoms with E-state index >= 15 is 0 Å². The summed E-state index contributed by atoms with van der Waals surface area (Å²) in [6.45, 7) is 8.86. The standard InChI is InChI=1S/C21H26N2O2S/c1-4-21(15-22)17(3)14-23(20(21)18-8-6-5-7-9-18)26(24,25)19-12-10-16(2)11-13-19/h5-13,20H,3-4,14-15,22H2,1-2H3/t20-,21-/m0/s1. The van der Waals surface area contributed by atoms with E-state index in [2.05, 4.69) is 13.5 Å². The molecule has 0 aliphatic carbocycles. The summed E-state index contributed by atoms with van der Waals surface area (Å²) >= 11 is 0. The lowest BCUT2D eigenvalue weighted by Gasteiger charge is -2.37. The van der Waals surface area contributed by atoms with Crippen LogP contribution >= 0.6 is 0 Å². The second-order valence-electron chi connectivity index (χ2n) is 6.99. The van der Waals surface area contributed by atoms with Crippen molar-refractivity contribution in [3.63, 3.8) is 0 Å². The zero-order valence-corrected chi connectivity index (χ0v) is 16.2. The highest BCUT2D eigenvalue weighted by atomic mass is 32.2. The van der Waals surface area contributed by atoms with Gasteiger partial charge in [-0.05, 0) is 31.0 Å². The lowest BCUT2D eigenvalue weighted by atomic mass is 9.73. The van der Waals surface area contributed by atoms with Crippen LogP contribution in [0, 0.1) is 12.3 Å². The van der Waals surface area contributed by atoms with Gasteiger partial charge in [0.25, 0.3) is 0 Å². The van der Waals surface area contributed by atoms with Crippen molar-refractivity contribution in [2.24, 2.45) is 11.1 Å². The highest BCUT2D eigenvalue weighted by Gasteiger charge is 2.52. The first kappa shape index (κ1) is 18.8. The quantitative estimate of drug-likeness (QED) is 0.817. The zero-order valence-electron chi connectivity index (χ0n) is 15.4. The summed E-state index contributed by atoms with van der Waals surface area (Å²) in [5, 5.41) is 0. The normalized spacial score (nSPS) is 24.1. The number of aryl methyl sites for hydroxylation is 1. The molecular formula is C21H26N2O2S. The highest BCUT2D eigenvalue weighted by molar-refractivity contribution is 7.89. The summed E-state index contributed by atoms with van der Waals surface area (Å²) in [5.74, 6) is 0. The van der Waals surface area contributed by atoms with Crippen molar-refractivity contribution in [2.75, 3.05) is 13.1 Å². The molecule has 0 saturated carbocycles. The lowest BCUT2D eigenvalue weighted by molar-refractivity contribution is 0.235. The topological polar surface area (TPSA) is 63.4 Å². The lowest BCUT2D eigenvalue weighted by Crippen LogP contribution is -2.40. The molecule has 0 amide bonds. The van der Waals surface area contributed by atoms with E-state index in [1.165, 1.54) is 0 Å². The Balaban J connectivity index is 2.16. The molecule has 138 valence electrons. The average molecular weight is 371 g/mol. The van der Waals surface area contributed by atoms with Crippen molar-refractivity contribution < 1.29 is 8.42 Å². The van der Waals surface area contributed by atoms with Crippen LogP contribution in [0.2, 0.25) is 0 Å². The van der Waals surface area contributed by atoms with Gasteiger partial charge >= 0.3 is 0 Å². The van der Waals surface area contributed by atoms with Gasteiger partial charge in [0.15, 0.2) is 0 Å². The molecule has 2 atom stereocenters. The number of sulfonamides is 1. The Hall–Kier alpha value is -1.95. The third-order valence-electron chi connectivity index (χ3n) is 5.60. The molecule has 26 heavy (non-hydrogen) atoms. The first-order valence-corrected chi connectivity index (χ1v) is 10.3. The van der Waals surface area contributed by atoms with E-state index in [0.29, 0.717) is 18.0 Å². The van der Waals surface area contributed by atoms with Gasteiger partial charge in [0.1, 0.15) is 0 Å². The molecule has 0 bridgehead atoms. The van der Waals surface area contributed by atoms with Gasteiger partial charge in [0.05, 0.1) is 10.9 Å². The van der Waals surface area contributed by atoms with E-state index in [9.17, 15) is 8.42 Å². The van der Waals surface area contributed by atoms with Crippen LogP contribution in [-0.2, 0) is 10.0 Å². The fourth-order valence-electron chi connectivity index (χ4n) is 3.94. The van der Waals surface area contributed by atoms with Gasteiger partial charge in [0.2, 0.25) is 10.0 Å². The Morgan fingerprint density at radius 2 is 1.77 bits per heavy atom. The first-order valence-electron chi connectivity index (χ1n) is 8.88. The minimum Gasteiger partial charge on any atom is -0.330 e. The Labute approximate surface area is 156 Å². The fraction of sp³-hybridized carbons (Fsp3) is 0.333. The van der Waals surface area contributed by atoms with Gasteiger partial charge in [-0.3, -0.25) is 0 Å². The first-order chi connectivity index (χ1) is 12.4. The number of hydrogen-bond donors (Lipinski definition) is 1. The van der Waals surface area contributed by atoms with Gasteiger partial charge in [-0.25, -0.2) is 8.42 Å². The molecule has 0 unspecified atom stereocenters. The van der Waals surface area contributed by atoms with E-state index in [-0.39, 0.29) is 6.04 Å². The monoisotopic (exact) mass is 370 g/mol. The Morgan fingerprint density at radius 1 is 1.15 bits per heavy atom. The molecule has 2 aromatic carbocycles. The average Bonchev–Trinajstić information content (AvgIpc) is 2.96. The minimum absolute atomic E-state index is 0.292. The summed E-state index contributed by atoms with van der Waals surface area (Å²) in [4.78, 5) is 0.306. The number of nitrogens with two attached hydrogens (primary N) is 1. The number of benzene rings is 2. The SMILES string of the molecule is C=C1CN(S(=O)(=O)c2ccc(C)cc2)[C@@H](c2ccccc2)[C@@]1(CC)CN. The molecule has 0 radical (unpaired) electrons. The van der Waals surface area contributed by atoms with E-state index < -0.39 is 15.4 Å². The zero-order chi connectivity index (χ0) is 18.9. The molecule has 1 heterocycles.